The summed E-state index contributed by atoms with van der Waals surface area (Å²) in [5.41, 5.74) is 2.13. The van der Waals surface area contributed by atoms with E-state index in [0.717, 1.165) is 34.5 Å². The van der Waals surface area contributed by atoms with E-state index in [0.29, 0.717) is 0 Å². The molecule has 0 saturated heterocycles. The van der Waals surface area contributed by atoms with Crippen LogP contribution in [0.2, 0.25) is 0 Å². The first-order valence-corrected chi connectivity index (χ1v) is 11.1. The maximum Gasteiger partial charge on any atom is 0.132 e. The Bertz CT molecular complexity index is 868. The molecule has 5 heteroatoms. The SMILES string of the molecule is CCCC(CCC)CCc1ncc(-c2cccc(Nc3cc(C)ccn3)n2)s1. The average Bonchev–Trinajstić information content (AvgIpc) is 3.16. The van der Waals surface area contributed by atoms with E-state index in [2.05, 4.69) is 36.1 Å². The molecule has 0 atom stereocenters. The van der Waals surface area contributed by atoms with Gasteiger partial charge in [0.25, 0.3) is 0 Å². The van der Waals surface area contributed by atoms with Gasteiger partial charge in [-0.05, 0) is 55.5 Å². The van der Waals surface area contributed by atoms with Gasteiger partial charge in [-0.2, -0.15) is 0 Å². The molecule has 0 unspecified atom stereocenters. The smallest absolute Gasteiger partial charge is 0.132 e. The van der Waals surface area contributed by atoms with Gasteiger partial charge < -0.3 is 5.32 Å². The van der Waals surface area contributed by atoms with Crippen molar-refractivity contribution in [3.63, 3.8) is 0 Å². The number of pyridine rings is 2. The Morgan fingerprint density at radius 3 is 2.57 bits per heavy atom. The minimum atomic E-state index is 0.802. The average molecular weight is 395 g/mol. The molecule has 148 valence electrons. The fraction of sp³-hybridized carbons (Fsp3) is 0.435. The molecule has 0 aliphatic rings. The van der Waals surface area contributed by atoms with Crippen LogP contribution in [0.5, 0.6) is 0 Å². The topological polar surface area (TPSA) is 50.7 Å². The largest absolute Gasteiger partial charge is 0.325 e. The second kappa shape index (κ2) is 10.3. The maximum absolute atomic E-state index is 4.75. The lowest BCUT2D eigenvalue weighted by Crippen LogP contribution is -2.01. The van der Waals surface area contributed by atoms with E-state index < -0.39 is 0 Å². The van der Waals surface area contributed by atoms with Gasteiger partial charge in [-0.3, -0.25) is 0 Å². The van der Waals surface area contributed by atoms with Crippen LogP contribution in [0.3, 0.4) is 0 Å². The van der Waals surface area contributed by atoms with E-state index >= 15 is 0 Å². The molecule has 0 radical (unpaired) electrons. The first-order valence-electron chi connectivity index (χ1n) is 10.3. The predicted octanol–water partition coefficient (Wildman–Crippen LogP) is 6.80. The molecule has 28 heavy (non-hydrogen) atoms. The molecule has 0 fully saturated rings. The number of hydrogen-bond donors (Lipinski definition) is 1. The van der Waals surface area contributed by atoms with Crippen LogP contribution in [0.15, 0.2) is 42.7 Å². The summed E-state index contributed by atoms with van der Waals surface area (Å²) in [6.45, 7) is 6.62. The van der Waals surface area contributed by atoms with Gasteiger partial charge in [-0.15, -0.1) is 11.3 Å². The molecule has 3 rings (SSSR count). The number of nitrogens with zero attached hydrogens (tertiary/aromatic N) is 3. The first-order chi connectivity index (χ1) is 13.7. The normalized spacial score (nSPS) is 11.1. The highest BCUT2D eigenvalue weighted by atomic mass is 32.1. The molecule has 0 bridgehead atoms. The molecule has 0 aliphatic heterocycles. The minimum Gasteiger partial charge on any atom is -0.325 e. The molecule has 0 saturated carbocycles. The van der Waals surface area contributed by atoms with E-state index in [1.54, 1.807) is 17.5 Å². The Labute approximate surface area is 172 Å². The van der Waals surface area contributed by atoms with Gasteiger partial charge in [-0.25, -0.2) is 15.0 Å². The zero-order valence-corrected chi connectivity index (χ0v) is 17.9. The molecule has 0 aliphatic carbocycles. The van der Waals surface area contributed by atoms with Crippen LogP contribution < -0.4 is 5.32 Å². The van der Waals surface area contributed by atoms with Crippen LogP contribution >= 0.6 is 11.3 Å². The van der Waals surface area contributed by atoms with Crippen molar-refractivity contribution in [1.82, 2.24) is 15.0 Å². The van der Waals surface area contributed by atoms with Gasteiger partial charge in [0.15, 0.2) is 0 Å². The van der Waals surface area contributed by atoms with Gasteiger partial charge in [0.1, 0.15) is 11.6 Å². The summed E-state index contributed by atoms with van der Waals surface area (Å²) < 4.78 is 0. The van der Waals surface area contributed by atoms with Gasteiger partial charge in [0, 0.05) is 12.4 Å². The summed E-state index contributed by atoms with van der Waals surface area (Å²) in [4.78, 5) is 14.9. The number of aryl methyl sites for hydroxylation is 2. The van der Waals surface area contributed by atoms with E-state index in [9.17, 15) is 0 Å². The van der Waals surface area contributed by atoms with E-state index in [1.165, 1.54) is 42.7 Å². The van der Waals surface area contributed by atoms with Gasteiger partial charge in [-0.1, -0.05) is 45.6 Å². The Hall–Kier alpha value is -2.27. The lowest BCUT2D eigenvalue weighted by Gasteiger charge is -2.13. The standard InChI is InChI=1S/C23H30N4S/c1-4-7-18(8-5-2)11-12-23-25-16-20(28-23)19-9-6-10-21(26-19)27-22-15-17(3)13-14-24-22/h6,9-10,13-16,18H,4-5,7-8,11-12H2,1-3H3,(H,24,26,27). The molecule has 3 aromatic rings. The Morgan fingerprint density at radius 2 is 1.82 bits per heavy atom. The predicted molar refractivity (Wildman–Crippen MR) is 119 cm³/mol. The van der Waals surface area contributed by atoms with Crippen molar-refractivity contribution in [1.29, 1.82) is 0 Å². The third kappa shape index (κ3) is 5.86. The minimum absolute atomic E-state index is 0.802. The van der Waals surface area contributed by atoms with Crippen LogP contribution in [0.4, 0.5) is 11.6 Å². The number of thiazole rings is 1. The van der Waals surface area contributed by atoms with Crippen molar-refractivity contribution in [3.8, 4) is 10.6 Å². The second-order valence-electron chi connectivity index (χ2n) is 7.35. The third-order valence-electron chi connectivity index (χ3n) is 4.89. The number of aromatic nitrogens is 3. The maximum atomic E-state index is 4.75. The fourth-order valence-electron chi connectivity index (χ4n) is 3.50. The van der Waals surface area contributed by atoms with Crippen molar-refractivity contribution in [2.24, 2.45) is 5.92 Å². The van der Waals surface area contributed by atoms with Crippen molar-refractivity contribution < 1.29 is 0 Å². The Morgan fingerprint density at radius 1 is 1.00 bits per heavy atom. The van der Waals surface area contributed by atoms with Gasteiger partial charge >= 0.3 is 0 Å². The van der Waals surface area contributed by atoms with Crippen LogP contribution in [0.25, 0.3) is 10.6 Å². The van der Waals surface area contributed by atoms with Crippen molar-refractivity contribution in [2.45, 2.75) is 59.3 Å². The lowest BCUT2D eigenvalue weighted by molar-refractivity contribution is 0.411. The molecular weight excluding hydrogens is 364 g/mol. The highest BCUT2D eigenvalue weighted by Gasteiger charge is 2.11. The monoisotopic (exact) mass is 394 g/mol. The number of nitrogens with one attached hydrogen (secondary N) is 1. The van der Waals surface area contributed by atoms with E-state index in [-0.39, 0.29) is 0 Å². The summed E-state index contributed by atoms with van der Waals surface area (Å²) in [6.07, 6.45) is 11.3. The van der Waals surface area contributed by atoms with E-state index in [1.807, 2.05) is 36.5 Å². The fourth-order valence-corrected chi connectivity index (χ4v) is 4.40. The Kier molecular flexibility index (Phi) is 7.54. The molecular formula is C23H30N4S. The molecule has 0 amide bonds. The quantitative estimate of drug-likeness (QED) is 0.411. The zero-order chi connectivity index (χ0) is 19.8. The molecule has 0 aromatic carbocycles. The van der Waals surface area contributed by atoms with E-state index in [4.69, 9.17) is 4.98 Å². The van der Waals surface area contributed by atoms with Crippen LogP contribution in [-0.2, 0) is 6.42 Å². The zero-order valence-electron chi connectivity index (χ0n) is 17.1. The number of rotatable bonds is 10. The highest BCUT2D eigenvalue weighted by molar-refractivity contribution is 7.15. The Balaban J connectivity index is 1.66. The second-order valence-corrected chi connectivity index (χ2v) is 8.47. The summed E-state index contributed by atoms with van der Waals surface area (Å²) in [5.74, 6) is 2.44. The van der Waals surface area contributed by atoms with Crippen LogP contribution in [0, 0.1) is 12.8 Å². The van der Waals surface area contributed by atoms with Crippen LogP contribution in [-0.4, -0.2) is 15.0 Å². The summed E-state index contributed by atoms with van der Waals surface area (Å²) >= 11 is 1.76. The number of hydrogen-bond acceptors (Lipinski definition) is 5. The highest BCUT2D eigenvalue weighted by Crippen LogP contribution is 2.28. The van der Waals surface area contributed by atoms with Gasteiger partial charge in [0.2, 0.25) is 0 Å². The van der Waals surface area contributed by atoms with Crippen LogP contribution in [0.1, 0.15) is 56.5 Å². The molecule has 3 aromatic heterocycles. The van der Waals surface area contributed by atoms with Crippen molar-refractivity contribution in [2.75, 3.05) is 5.32 Å². The number of anilines is 2. The van der Waals surface area contributed by atoms with Gasteiger partial charge in [0.05, 0.1) is 15.6 Å². The van der Waals surface area contributed by atoms with Crippen molar-refractivity contribution in [3.05, 3.63) is 53.3 Å². The lowest BCUT2D eigenvalue weighted by atomic mass is 9.93. The summed E-state index contributed by atoms with van der Waals surface area (Å²) in [7, 11) is 0. The molecule has 1 N–H and O–H groups in total. The third-order valence-corrected chi connectivity index (χ3v) is 5.97. The summed E-state index contributed by atoms with van der Waals surface area (Å²) in [6, 6.07) is 10.0. The summed E-state index contributed by atoms with van der Waals surface area (Å²) in [5, 5.41) is 4.51. The molecule has 4 nitrogen and oxygen atoms in total. The molecule has 0 spiro atoms. The van der Waals surface area contributed by atoms with Crippen molar-refractivity contribution >= 4 is 23.0 Å². The first kappa shape index (κ1) is 20.5. The molecule has 3 heterocycles.